The molecule has 0 aromatic rings. The van der Waals surface area contributed by atoms with E-state index in [0.29, 0.717) is 0 Å². The Hall–Kier alpha value is -0.290. The summed E-state index contributed by atoms with van der Waals surface area (Å²) in [4.78, 5) is 1.52. The van der Waals surface area contributed by atoms with Gasteiger partial charge in [0.25, 0.3) is 0 Å². The number of halogens is 3. The van der Waals surface area contributed by atoms with Crippen LogP contribution in [0.3, 0.4) is 0 Å². The predicted molar refractivity (Wildman–Crippen MR) is 69.7 cm³/mol. The molecule has 0 aliphatic carbocycles. The van der Waals surface area contributed by atoms with Crippen LogP contribution in [0.4, 0.5) is 13.2 Å². The Kier molecular flexibility index (Phi) is 7.87. The van der Waals surface area contributed by atoms with Gasteiger partial charge in [0.2, 0.25) is 0 Å². The first kappa shape index (κ1) is 17.7. The third-order valence-electron chi connectivity index (χ3n) is 3.23. The molecule has 0 fully saturated rings. The minimum absolute atomic E-state index is 0.106. The van der Waals surface area contributed by atoms with E-state index in [2.05, 4.69) is 12.2 Å². The summed E-state index contributed by atoms with van der Waals surface area (Å²) in [5.41, 5.74) is 0. The molecule has 0 spiro atoms. The molecule has 0 rings (SSSR count). The minimum atomic E-state index is -4.14. The number of hydrogen-bond donors (Lipinski definition) is 1. The largest absolute Gasteiger partial charge is 0.401 e. The Morgan fingerprint density at radius 3 is 2.00 bits per heavy atom. The highest BCUT2D eigenvalue weighted by Gasteiger charge is 2.35. The Morgan fingerprint density at radius 2 is 1.67 bits per heavy atom. The molecule has 0 amide bonds. The van der Waals surface area contributed by atoms with E-state index in [-0.39, 0.29) is 18.1 Å². The lowest BCUT2D eigenvalue weighted by Gasteiger charge is -2.38. The molecule has 1 N–H and O–H groups in total. The predicted octanol–water partition coefficient (Wildman–Crippen LogP) is 3.43. The topological polar surface area (TPSA) is 15.3 Å². The maximum Gasteiger partial charge on any atom is 0.401 e. The molecule has 0 heterocycles. The lowest BCUT2D eigenvalue weighted by atomic mass is 10.0. The Labute approximate surface area is 109 Å². The van der Waals surface area contributed by atoms with Gasteiger partial charge in [0, 0.05) is 18.1 Å². The highest BCUT2D eigenvalue weighted by molar-refractivity contribution is 4.83. The Balaban J connectivity index is 4.66. The summed E-state index contributed by atoms with van der Waals surface area (Å²) in [6.07, 6.45) is -2.31. The number of alkyl halides is 3. The first-order chi connectivity index (χ1) is 8.22. The van der Waals surface area contributed by atoms with Crippen molar-refractivity contribution in [2.75, 3.05) is 13.1 Å². The van der Waals surface area contributed by atoms with Crippen molar-refractivity contribution in [2.24, 2.45) is 0 Å². The summed E-state index contributed by atoms with van der Waals surface area (Å²) < 4.78 is 37.8. The van der Waals surface area contributed by atoms with Crippen LogP contribution in [0.25, 0.3) is 0 Å². The summed E-state index contributed by atoms with van der Waals surface area (Å²) in [6, 6.07) is -0.128. The molecule has 0 bridgehead atoms. The molecule has 0 saturated carbocycles. The van der Waals surface area contributed by atoms with Crippen LogP contribution in [-0.4, -0.2) is 42.3 Å². The van der Waals surface area contributed by atoms with E-state index in [1.165, 1.54) is 4.90 Å². The molecule has 0 aliphatic heterocycles. The third-order valence-corrected chi connectivity index (χ3v) is 3.23. The van der Waals surface area contributed by atoms with E-state index in [4.69, 9.17) is 0 Å². The molecule has 5 heteroatoms. The maximum atomic E-state index is 12.6. The molecule has 2 nitrogen and oxygen atoms in total. The molecule has 0 aromatic carbocycles. The van der Waals surface area contributed by atoms with Crippen LogP contribution >= 0.6 is 0 Å². The highest BCUT2D eigenvalue weighted by Crippen LogP contribution is 2.21. The molecule has 110 valence electrons. The van der Waals surface area contributed by atoms with Gasteiger partial charge < -0.3 is 5.32 Å². The van der Waals surface area contributed by atoms with Crippen LogP contribution in [-0.2, 0) is 0 Å². The van der Waals surface area contributed by atoms with Crippen molar-refractivity contribution >= 4 is 0 Å². The molecule has 2 unspecified atom stereocenters. The molecular formula is C13H27F3N2. The van der Waals surface area contributed by atoms with Gasteiger partial charge in [-0.15, -0.1) is 0 Å². The van der Waals surface area contributed by atoms with Gasteiger partial charge in [0.15, 0.2) is 0 Å². The molecular weight excluding hydrogens is 241 g/mol. The fourth-order valence-electron chi connectivity index (χ4n) is 2.22. The fourth-order valence-corrected chi connectivity index (χ4v) is 2.22. The summed E-state index contributed by atoms with van der Waals surface area (Å²) in [7, 11) is 0. The second kappa shape index (κ2) is 8.00. The van der Waals surface area contributed by atoms with Gasteiger partial charge in [-0.3, -0.25) is 4.90 Å². The lowest BCUT2D eigenvalue weighted by Crippen LogP contribution is -2.53. The van der Waals surface area contributed by atoms with E-state index >= 15 is 0 Å². The zero-order chi connectivity index (χ0) is 14.3. The Bertz CT molecular complexity index is 217. The quantitative estimate of drug-likeness (QED) is 0.725. The van der Waals surface area contributed by atoms with Crippen molar-refractivity contribution in [1.82, 2.24) is 10.2 Å². The molecule has 18 heavy (non-hydrogen) atoms. The normalized spacial score (nSPS) is 16.3. The van der Waals surface area contributed by atoms with Gasteiger partial charge in [-0.2, -0.15) is 13.2 Å². The smallest absolute Gasteiger partial charge is 0.312 e. The minimum Gasteiger partial charge on any atom is -0.312 e. The number of hydrogen-bond acceptors (Lipinski definition) is 2. The monoisotopic (exact) mass is 268 g/mol. The zero-order valence-electron chi connectivity index (χ0n) is 12.1. The summed E-state index contributed by atoms with van der Waals surface area (Å²) in [5.74, 6) is 0. The van der Waals surface area contributed by atoms with Crippen molar-refractivity contribution in [3.8, 4) is 0 Å². The number of rotatable bonds is 8. The first-order valence-corrected chi connectivity index (χ1v) is 6.78. The van der Waals surface area contributed by atoms with Gasteiger partial charge in [-0.1, -0.05) is 13.8 Å². The second-order valence-corrected chi connectivity index (χ2v) is 5.09. The summed E-state index contributed by atoms with van der Waals surface area (Å²) in [5, 5.41) is 3.33. The van der Waals surface area contributed by atoms with Crippen molar-refractivity contribution in [3.63, 3.8) is 0 Å². The van der Waals surface area contributed by atoms with E-state index in [9.17, 15) is 13.2 Å². The van der Waals surface area contributed by atoms with Gasteiger partial charge in [0.05, 0.1) is 6.54 Å². The molecule has 0 radical (unpaired) electrons. The summed E-state index contributed by atoms with van der Waals surface area (Å²) >= 11 is 0. The molecule has 0 aromatic heterocycles. The van der Waals surface area contributed by atoms with Gasteiger partial charge >= 0.3 is 6.18 Å². The average molecular weight is 268 g/mol. The van der Waals surface area contributed by atoms with Crippen LogP contribution < -0.4 is 5.32 Å². The van der Waals surface area contributed by atoms with Crippen LogP contribution in [0.2, 0.25) is 0 Å². The van der Waals surface area contributed by atoms with Crippen molar-refractivity contribution < 1.29 is 13.2 Å². The Morgan fingerprint density at radius 1 is 1.11 bits per heavy atom. The molecule has 0 saturated heterocycles. The van der Waals surface area contributed by atoms with Crippen molar-refractivity contribution in [2.45, 2.75) is 71.8 Å². The van der Waals surface area contributed by atoms with Crippen LogP contribution in [0.15, 0.2) is 0 Å². The first-order valence-electron chi connectivity index (χ1n) is 6.78. The fraction of sp³-hybridized carbons (Fsp3) is 1.00. The van der Waals surface area contributed by atoms with Crippen molar-refractivity contribution in [1.29, 1.82) is 0 Å². The standard InChI is InChI=1S/C13H27F3N2/c1-6-8-17-12(7-2)11(5)18(10(3)4)9-13(14,15)16/h10-12,17H,6-9H2,1-5H3. The van der Waals surface area contributed by atoms with E-state index in [1.54, 1.807) is 0 Å². The van der Waals surface area contributed by atoms with Gasteiger partial charge in [0.1, 0.15) is 0 Å². The van der Waals surface area contributed by atoms with E-state index < -0.39 is 12.7 Å². The molecule has 0 aliphatic rings. The van der Waals surface area contributed by atoms with Crippen LogP contribution in [0.1, 0.15) is 47.5 Å². The van der Waals surface area contributed by atoms with E-state index in [0.717, 1.165) is 19.4 Å². The number of nitrogens with zero attached hydrogens (tertiary/aromatic N) is 1. The average Bonchev–Trinajstić information content (AvgIpc) is 2.25. The van der Waals surface area contributed by atoms with Gasteiger partial charge in [-0.05, 0) is 40.2 Å². The van der Waals surface area contributed by atoms with Crippen LogP contribution in [0.5, 0.6) is 0 Å². The van der Waals surface area contributed by atoms with Gasteiger partial charge in [-0.25, -0.2) is 0 Å². The third kappa shape index (κ3) is 6.59. The lowest BCUT2D eigenvalue weighted by molar-refractivity contribution is -0.155. The second-order valence-electron chi connectivity index (χ2n) is 5.09. The van der Waals surface area contributed by atoms with E-state index in [1.807, 2.05) is 27.7 Å². The van der Waals surface area contributed by atoms with Crippen molar-refractivity contribution in [3.05, 3.63) is 0 Å². The SMILES string of the molecule is CCCNC(CC)C(C)N(CC(F)(F)F)C(C)C. The van der Waals surface area contributed by atoms with Crippen LogP contribution in [0, 0.1) is 0 Å². The molecule has 2 atom stereocenters. The number of nitrogens with one attached hydrogen (secondary N) is 1. The highest BCUT2D eigenvalue weighted by atomic mass is 19.4. The maximum absolute atomic E-state index is 12.6. The zero-order valence-corrected chi connectivity index (χ0v) is 12.1. The summed E-state index contributed by atoms with van der Waals surface area (Å²) in [6.45, 7) is 9.58.